The van der Waals surface area contributed by atoms with Crippen LogP contribution in [0.2, 0.25) is 5.02 Å². The molecule has 0 spiro atoms. The van der Waals surface area contributed by atoms with Crippen LogP contribution in [0.3, 0.4) is 0 Å². The van der Waals surface area contributed by atoms with Crippen molar-refractivity contribution in [3.8, 4) is 0 Å². The summed E-state index contributed by atoms with van der Waals surface area (Å²) >= 11 is 16.1. The van der Waals surface area contributed by atoms with Crippen molar-refractivity contribution in [1.29, 1.82) is 0 Å². The highest BCUT2D eigenvalue weighted by Gasteiger charge is 2.14. The molecule has 0 aliphatic heterocycles. The predicted octanol–water partition coefficient (Wildman–Crippen LogP) is 5.93. The summed E-state index contributed by atoms with van der Waals surface area (Å²) in [6.45, 7) is 2.10. The van der Waals surface area contributed by atoms with Gasteiger partial charge in [-0.25, -0.2) is 0 Å². The molecule has 94 valence electrons. The van der Waals surface area contributed by atoms with Gasteiger partial charge in [0.25, 0.3) is 0 Å². The first-order valence-corrected chi connectivity index (χ1v) is 7.32. The van der Waals surface area contributed by atoms with Crippen LogP contribution in [-0.2, 0) is 6.42 Å². The molecule has 0 aliphatic rings. The molecule has 18 heavy (non-hydrogen) atoms. The quantitative estimate of drug-likeness (QED) is 0.605. The van der Waals surface area contributed by atoms with Crippen LogP contribution in [0.15, 0.2) is 46.9 Å². The van der Waals surface area contributed by atoms with Crippen molar-refractivity contribution in [1.82, 2.24) is 0 Å². The average molecular weight is 344 g/mol. The second kappa shape index (κ2) is 6.10. The summed E-state index contributed by atoms with van der Waals surface area (Å²) in [5.74, 6) is 0. The molecule has 2 aromatic rings. The Balaban J connectivity index is 2.25. The summed E-state index contributed by atoms with van der Waals surface area (Å²) in [6.07, 6.45) is 0.782. The Labute approximate surface area is 126 Å². The Morgan fingerprint density at radius 1 is 1.17 bits per heavy atom. The monoisotopic (exact) mass is 342 g/mol. The summed E-state index contributed by atoms with van der Waals surface area (Å²) in [7, 11) is 0. The van der Waals surface area contributed by atoms with Crippen LogP contribution < -0.4 is 0 Å². The van der Waals surface area contributed by atoms with E-state index in [0.29, 0.717) is 5.02 Å². The molecular formula is C15H13BrCl2. The molecule has 2 rings (SSSR count). The Kier molecular flexibility index (Phi) is 4.71. The van der Waals surface area contributed by atoms with E-state index in [1.54, 1.807) is 0 Å². The number of hydrogen-bond donors (Lipinski definition) is 0. The number of aryl methyl sites for hydroxylation is 1. The van der Waals surface area contributed by atoms with Gasteiger partial charge in [-0.05, 0) is 48.2 Å². The van der Waals surface area contributed by atoms with Gasteiger partial charge in [-0.2, -0.15) is 0 Å². The molecule has 0 nitrogen and oxygen atoms in total. The number of alkyl halides is 1. The van der Waals surface area contributed by atoms with E-state index in [-0.39, 0.29) is 5.38 Å². The number of rotatable bonds is 3. The molecule has 0 heterocycles. The van der Waals surface area contributed by atoms with Gasteiger partial charge in [0, 0.05) is 9.50 Å². The molecule has 0 bridgehead atoms. The van der Waals surface area contributed by atoms with Crippen LogP contribution in [0.4, 0.5) is 0 Å². The van der Waals surface area contributed by atoms with E-state index in [0.717, 1.165) is 16.5 Å². The Morgan fingerprint density at radius 3 is 2.61 bits per heavy atom. The lowest BCUT2D eigenvalue weighted by Gasteiger charge is -2.13. The third-order valence-corrected chi connectivity index (χ3v) is 4.18. The van der Waals surface area contributed by atoms with Crippen LogP contribution in [0, 0.1) is 6.92 Å². The third kappa shape index (κ3) is 3.28. The van der Waals surface area contributed by atoms with Crippen LogP contribution in [0.5, 0.6) is 0 Å². The standard InChI is InChI=1S/C15H13BrCl2/c1-10-4-2-3-5-11(10)8-15(18)13-9-12(16)6-7-14(13)17/h2-7,9,15H,8H2,1H3. The highest BCUT2D eigenvalue weighted by Crippen LogP contribution is 2.33. The first-order chi connectivity index (χ1) is 8.58. The molecule has 1 atom stereocenters. The SMILES string of the molecule is Cc1ccccc1CC(Cl)c1cc(Br)ccc1Cl. The van der Waals surface area contributed by atoms with Crippen LogP contribution in [0.25, 0.3) is 0 Å². The van der Waals surface area contributed by atoms with E-state index in [2.05, 4.69) is 35.0 Å². The molecular weight excluding hydrogens is 331 g/mol. The first-order valence-electron chi connectivity index (χ1n) is 5.71. The predicted molar refractivity (Wildman–Crippen MR) is 82.6 cm³/mol. The van der Waals surface area contributed by atoms with Crippen molar-refractivity contribution < 1.29 is 0 Å². The molecule has 1 unspecified atom stereocenters. The summed E-state index contributed by atoms with van der Waals surface area (Å²) < 4.78 is 0.998. The van der Waals surface area contributed by atoms with Crippen molar-refractivity contribution >= 4 is 39.1 Å². The van der Waals surface area contributed by atoms with Crippen LogP contribution in [0.1, 0.15) is 22.1 Å². The Hall–Kier alpha value is -0.500. The van der Waals surface area contributed by atoms with Gasteiger partial charge >= 0.3 is 0 Å². The fourth-order valence-electron chi connectivity index (χ4n) is 1.90. The van der Waals surface area contributed by atoms with E-state index in [4.69, 9.17) is 23.2 Å². The number of hydrogen-bond acceptors (Lipinski definition) is 0. The summed E-state index contributed by atoms with van der Waals surface area (Å²) in [5.41, 5.74) is 3.48. The van der Waals surface area contributed by atoms with Gasteiger partial charge in [-0.3, -0.25) is 0 Å². The summed E-state index contributed by atoms with van der Waals surface area (Å²) in [5, 5.41) is 0.600. The molecule has 0 radical (unpaired) electrons. The van der Waals surface area contributed by atoms with Gasteiger partial charge in [0.15, 0.2) is 0 Å². The normalized spacial score (nSPS) is 12.4. The Bertz CT molecular complexity index is 552. The smallest absolute Gasteiger partial charge is 0.0640 e. The maximum atomic E-state index is 6.48. The topological polar surface area (TPSA) is 0 Å². The van der Waals surface area contributed by atoms with E-state index in [1.807, 2.05) is 30.3 Å². The van der Waals surface area contributed by atoms with Crippen molar-refractivity contribution in [3.63, 3.8) is 0 Å². The average Bonchev–Trinajstić information content (AvgIpc) is 2.35. The molecule has 0 aromatic heterocycles. The van der Waals surface area contributed by atoms with E-state index < -0.39 is 0 Å². The lowest BCUT2D eigenvalue weighted by atomic mass is 10.0. The van der Waals surface area contributed by atoms with E-state index in [1.165, 1.54) is 11.1 Å². The molecule has 0 N–H and O–H groups in total. The largest absolute Gasteiger partial charge is 0.117 e. The van der Waals surface area contributed by atoms with Crippen LogP contribution in [-0.4, -0.2) is 0 Å². The molecule has 0 aliphatic carbocycles. The minimum absolute atomic E-state index is 0.115. The van der Waals surface area contributed by atoms with E-state index in [9.17, 15) is 0 Å². The lowest BCUT2D eigenvalue weighted by molar-refractivity contribution is 0.910. The zero-order valence-corrected chi connectivity index (χ0v) is 13.1. The van der Waals surface area contributed by atoms with Gasteiger partial charge in [0.05, 0.1) is 5.38 Å². The molecule has 0 fully saturated rings. The minimum Gasteiger partial charge on any atom is -0.117 e. The number of benzene rings is 2. The molecule has 0 saturated carbocycles. The van der Waals surface area contributed by atoms with Gasteiger partial charge in [-0.15, -0.1) is 11.6 Å². The van der Waals surface area contributed by atoms with Crippen molar-refractivity contribution in [3.05, 3.63) is 68.7 Å². The fraction of sp³-hybridized carbons (Fsp3) is 0.200. The second-order valence-corrected chi connectivity index (χ2v) is 6.11. The van der Waals surface area contributed by atoms with Gasteiger partial charge in [0.1, 0.15) is 0 Å². The second-order valence-electron chi connectivity index (χ2n) is 4.26. The summed E-state index contributed by atoms with van der Waals surface area (Å²) in [6, 6.07) is 14.1. The number of halogens is 3. The van der Waals surface area contributed by atoms with Gasteiger partial charge in [0.2, 0.25) is 0 Å². The maximum absolute atomic E-state index is 6.48. The van der Waals surface area contributed by atoms with Crippen molar-refractivity contribution in [2.75, 3.05) is 0 Å². The highest BCUT2D eigenvalue weighted by atomic mass is 79.9. The zero-order valence-electron chi connectivity index (χ0n) is 9.96. The highest BCUT2D eigenvalue weighted by molar-refractivity contribution is 9.10. The summed E-state index contributed by atoms with van der Waals surface area (Å²) in [4.78, 5) is 0. The molecule has 0 saturated heterocycles. The van der Waals surface area contributed by atoms with Crippen molar-refractivity contribution in [2.45, 2.75) is 18.7 Å². The molecule has 0 amide bonds. The first kappa shape index (κ1) is 13.9. The van der Waals surface area contributed by atoms with Crippen LogP contribution >= 0.6 is 39.1 Å². The molecule has 2 aromatic carbocycles. The third-order valence-electron chi connectivity index (χ3n) is 2.96. The van der Waals surface area contributed by atoms with Crippen molar-refractivity contribution in [2.24, 2.45) is 0 Å². The maximum Gasteiger partial charge on any atom is 0.0640 e. The van der Waals surface area contributed by atoms with Gasteiger partial charge < -0.3 is 0 Å². The zero-order chi connectivity index (χ0) is 13.1. The fourth-order valence-corrected chi connectivity index (χ4v) is 2.93. The lowest BCUT2D eigenvalue weighted by Crippen LogP contribution is -1.98. The Morgan fingerprint density at radius 2 is 1.89 bits per heavy atom. The minimum atomic E-state index is -0.115. The molecule has 3 heteroatoms. The van der Waals surface area contributed by atoms with E-state index >= 15 is 0 Å². The van der Waals surface area contributed by atoms with Gasteiger partial charge in [-0.1, -0.05) is 51.8 Å².